The van der Waals surface area contributed by atoms with Crippen molar-refractivity contribution >= 4 is 0 Å². The molecule has 4 N–H and O–H groups in total. The van der Waals surface area contributed by atoms with Crippen LogP contribution in [-0.2, 0) is 30.1 Å². The van der Waals surface area contributed by atoms with Crippen molar-refractivity contribution in [3.05, 3.63) is 57.6 Å². The second-order valence-corrected chi connectivity index (χ2v) is 12.0. The molecule has 2 aromatic carbocycles. The fourth-order valence-electron chi connectivity index (χ4n) is 4.66. The first-order valence-corrected chi connectivity index (χ1v) is 13.3. The minimum atomic E-state index is -0.201. The lowest BCUT2D eigenvalue weighted by Gasteiger charge is -2.25. The van der Waals surface area contributed by atoms with E-state index in [0.717, 1.165) is 73.6 Å². The second kappa shape index (κ2) is 12.8. The van der Waals surface area contributed by atoms with Gasteiger partial charge >= 0.3 is 0 Å². The number of benzene rings is 2. The van der Waals surface area contributed by atoms with Gasteiger partial charge in [-0.25, -0.2) is 0 Å². The van der Waals surface area contributed by atoms with E-state index in [1.807, 2.05) is 0 Å². The lowest BCUT2D eigenvalue weighted by molar-refractivity contribution is 0.283. The van der Waals surface area contributed by atoms with E-state index in [4.69, 9.17) is 10.2 Å². The highest BCUT2D eigenvalue weighted by Crippen LogP contribution is 2.40. The van der Waals surface area contributed by atoms with Crippen molar-refractivity contribution < 1.29 is 20.4 Å². The summed E-state index contributed by atoms with van der Waals surface area (Å²) in [4.78, 5) is 0. The fraction of sp³-hybridized carbons (Fsp3) is 0.613. The van der Waals surface area contributed by atoms with Crippen molar-refractivity contribution in [1.82, 2.24) is 0 Å². The maximum Gasteiger partial charge on any atom is 0.122 e. The zero-order valence-electron chi connectivity index (χ0n) is 22.9. The van der Waals surface area contributed by atoms with Crippen LogP contribution in [0.1, 0.15) is 113 Å². The lowest BCUT2D eigenvalue weighted by Crippen LogP contribution is -2.14. The molecule has 0 fully saturated rings. The number of aliphatic hydroxyl groups excluding tert-OH is 2. The molecule has 2 aromatic rings. The van der Waals surface area contributed by atoms with Gasteiger partial charge in [0.25, 0.3) is 0 Å². The van der Waals surface area contributed by atoms with E-state index in [0.29, 0.717) is 17.9 Å². The molecule has 35 heavy (non-hydrogen) atoms. The Bertz CT molecular complexity index is 870. The highest BCUT2D eigenvalue weighted by atomic mass is 16.3. The quantitative estimate of drug-likeness (QED) is 0.253. The van der Waals surface area contributed by atoms with Crippen LogP contribution in [0.5, 0.6) is 11.5 Å². The van der Waals surface area contributed by atoms with Gasteiger partial charge in [-0.2, -0.15) is 0 Å². The molecule has 0 aliphatic rings. The Morgan fingerprint density at radius 2 is 0.914 bits per heavy atom. The summed E-state index contributed by atoms with van der Waals surface area (Å²) < 4.78 is 0. The average molecular weight is 485 g/mol. The zero-order chi connectivity index (χ0) is 26.2. The Balaban J connectivity index is 2.48. The number of phenolic OH excluding ortho intramolecular Hbond substituents is 2. The van der Waals surface area contributed by atoms with Crippen molar-refractivity contribution in [3.63, 3.8) is 0 Å². The first kappa shape index (κ1) is 29.2. The molecular formula is C31H48O4. The van der Waals surface area contributed by atoms with E-state index >= 15 is 0 Å². The van der Waals surface area contributed by atoms with E-state index in [1.54, 1.807) is 0 Å². The molecule has 0 aliphatic carbocycles. The molecule has 0 unspecified atom stereocenters. The minimum Gasteiger partial charge on any atom is -0.507 e. The SMILES string of the molecule is CC(C)(C)c1cc(CCCCCO)cc(Cc2cc(CCCCCO)cc(C(C)(C)C)c2O)c1O. The van der Waals surface area contributed by atoms with E-state index in [2.05, 4.69) is 65.8 Å². The summed E-state index contributed by atoms with van der Waals surface area (Å²) in [5.41, 5.74) is 5.54. The standard InChI is InChI=1S/C31H48O4/c1-30(2,3)26-19-22(13-9-7-11-15-32)17-24(28(26)34)21-25-18-23(14-10-8-12-16-33)20-27(29(25)35)31(4,5)6/h17-20,32-35H,7-16,21H2,1-6H3. The molecule has 0 atom stereocenters. The van der Waals surface area contributed by atoms with Gasteiger partial charge in [-0.15, -0.1) is 0 Å². The molecule has 4 nitrogen and oxygen atoms in total. The molecule has 0 heterocycles. The van der Waals surface area contributed by atoms with Crippen LogP contribution in [0, 0.1) is 0 Å². The molecule has 0 spiro atoms. The molecule has 0 bridgehead atoms. The number of rotatable bonds is 12. The van der Waals surface area contributed by atoms with Crippen LogP contribution in [0.2, 0.25) is 0 Å². The molecule has 4 heteroatoms. The minimum absolute atomic E-state index is 0.201. The average Bonchev–Trinajstić information content (AvgIpc) is 2.76. The Morgan fingerprint density at radius 3 is 1.23 bits per heavy atom. The molecule has 0 saturated heterocycles. The fourth-order valence-corrected chi connectivity index (χ4v) is 4.66. The van der Waals surface area contributed by atoms with Crippen molar-refractivity contribution in [1.29, 1.82) is 0 Å². The second-order valence-electron chi connectivity index (χ2n) is 12.0. The van der Waals surface area contributed by atoms with Gasteiger partial charge in [-0.05, 0) is 82.7 Å². The molecule has 196 valence electrons. The molecule has 0 aromatic heterocycles. The van der Waals surface area contributed by atoms with E-state index in [1.165, 1.54) is 11.1 Å². The topological polar surface area (TPSA) is 80.9 Å². The summed E-state index contributed by atoms with van der Waals surface area (Å²) in [6.07, 6.45) is 7.85. The van der Waals surface area contributed by atoms with E-state index in [9.17, 15) is 10.2 Å². The number of unbranched alkanes of at least 4 members (excludes halogenated alkanes) is 4. The smallest absolute Gasteiger partial charge is 0.122 e. The Kier molecular flexibility index (Phi) is 10.7. The molecule has 0 amide bonds. The predicted octanol–water partition coefficient (Wildman–Crippen LogP) is 6.69. The summed E-state index contributed by atoms with van der Waals surface area (Å²) in [5, 5.41) is 40.7. The van der Waals surface area contributed by atoms with Gasteiger partial charge in [-0.3, -0.25) is 0 Å². The van der Waals surface area contributed by atoms with Crippen LogP contribution < -0.4 is 0 Å². The predicted molar refractivity (Wildman–Crippen MR) is 146 cm³/mol. The van der Waals surface area contributed by atoms with E-state index in [-0.39, 0.29) is 24.0 Å². The maximum absolute atomic E-state index is 11.3. The summed E-state index contributed by atoms with van der Waals surface area (Å²) in [5.74, 6) is 0.642. The number of aryl methyl sites for hydroxylation is 2. The van der Waals surface area contributed by atoms with Crippen molar-refractivity contribution in [2.45, 2.75) is 110 Å². The van der Waals surface area contributed by atoms with Crippen molar-refractivity contribution in [3.8, 4) is 11.5 Å². The van der Waals surface area contributed by atoms with Crippen LogP contribution >= 0.6 is 0 Å². The first-order chi connectivity index (χ1) is 16.4. The van der Waals surface area contributed by atoms with Crippen LogP contribution in [-0.4, -0.2) is 33.6 Å². The maximum atomic E-state index is 11.3. The van der Waals surface area contributed by atoms with Gasteiger partial charge in [0.2, 0.25) is 0 Å². The van der Waals surface area contributed by atoms with Gasteiger partial charge in [0.1, 0.15) is 11.5 Å². The number of hydrogen-bond donors (Lipinski definition) is 4. The summed E-state index contributed by atoms with van der Waals surface area (Å²) in [7, 11) is 0. The number of phenols is 2. The summed E-state index contributed by atoms with van der Waals surface area (Å²) in [6.45, 7) is 13.1. The lowest BCUT2D eigenvalue weighted by atomic mass is 9.81. The first-order valence-electron chi connectivity index (χ1n) is 13.3. The van der Waals surface area contributed by atoms with Gasteiger partial charge in [0.05, 0.1) is 0 Å². The zero-order valence-corrected chi connectivity index (χ0v) is 22.9. The Labute approximate surface area is 213 Å². The highest BCUT2D eigenvalue weighted by Gasteiger charge is 2.24. The van der Waals surface area contributed by atoms with Crippen molar-refractivity contribution in [2.75, 3.05) is 13.2 Å². The van der Waals surface area contributed by atoms with Gasteiger partial charge in [0.15, 0.2) is 0 Å². The van der Waals surface area contributed by atoms with E-state index < -0.39 is 0 Å². The third-order valence-electron chi connectivity index (χ3n) is 6.74. The van der Waals surface area contributed by atoms with Gasteiger partial charge in [-0.1, -0.05) is 78.6 Å². The van der Waals surface area contributed by atoms with Crippen LogP contribution in [0.15, 0.2) is 24.3 Å². The molecular weight excluding hydrogens is 436 g/mol. The molecule has 0 radical (unpaired) electrons. The molecule has 0 aliphatic heterocycles. The Hall–Kier alpha value is -2.04. The van der Waals surface area contributed by atoms with Crippen LogP contribution in [0.4, 0.5) is 0 Å². The van der Waals surface area contributed by atoms with Crippen LogP contribution in [0.25, 0.3) is 0 Å². The number of hydrogen-bond acceptors (Lipinski definition) is 4. The van der Waals surface area contributed by atoms with Gasteiger partial charge in [0, 0.05) is 19.6 Å². The van der Waals surface area contributed by atoms with Gasteiger partial charge < -0.3 is 20.4 Å². The van der Waals surface area contributed by atoms with Crippen molar-refractivity contribution in [2.24, 2.45) is 0 Å². The van der Waals surface area contributed by atoms with Crippen LogP contribution in [0.3, 0.4) is 0 Å². The largest absolute Gasteiger partial charge is 0.507 e. The number of aliphatic hydroxyl groups is 2. The highest BCUT2D eigenvalue weighted by molar-refractivity contribution is 5.53. The monoisotopic (exact) mass is 484 g/mol. The summed E-state index contributed by atoms with van der Waals surface area (Å²) in [6, 6.07) is 8.42. The normalized spacial score (nSPS) is 12.3. The molecule has 0 saturated carbocycles. The summed E-state index contributed by atoms with van der Waals surface area (Å²) >= 11 is 0. The Morgan fingerprint density at radius 1 is 0.543 bits per heavy atom. The number of aromatic hydroxyl groups is 2. The third-order valence-corrected chi connectivity index (χ3v) is 6.74. The molecule has 2 rings (SSSR count). The third kappa shape index (κ3) is 8.54.